The maximum Gasteiger partial charge on any atom is 0.310 e. The van der Waals surface area contributed by atoms with Gasteiger partial charge in [-0.25, -0.2) is 0 Å². The molecule has 4 aromatic carbocycles. The SMILES string of the molecule is CC(C)(C#Cc1ccc([N+](=O)[O-])cc1)OC(=O)CCOc1ccc([S+](c2ccccc2)c2ccccc2)cc1. The fraction of sp³-hybridized carbons (Fsp3) is 0.156. The molecule has 0 saturated carbocycles. The van der Waals surface area contributed by atoms with Gasteiger partial charge in [0.2, 0.25) is 0 Å². The van der Waals surface area contributed by atoms with Crippen molar-refractivity contribution in [1.82, 2.24) is 0 Å². The lowest BCUT2D eigenvalue weighted by Crippen LogP contribution is -2.27. The standard InChI is InChI=1S/C32H28NO5S/c1-32(2,23-21-25-13-15-26(16-14-25)33(35)36)38-31(34)22-24-37-27-17-19-30(20-18-27)39(28-9-5-3-6-10-28)29-11-7-4-8-12-29/h3-20H,22,24H2,1-2H3/q+1. The number of non-ortho nitro benzene ring substituents is 1. The maximum atomic E-state index is 12.4. The zero-order valence-electron chi connectivity index (χ0n) is 21.7. The quantitative estimate of drug-likeness (QED) is 0.0767. The van der Waals surface area contributed by atoms with E-state index in [1.807, 2.05) is 24.3 Å². The number of nitrogens with zero attached hydrogens (tertiary/aromatic N) is 1. The molecule has 0 spiro atoms. The number of esters is 1. The molecule has 0 unspecified atom stereocenters. The van der Waals surface area contributed by atoms with Gasteiger partial charge < -0.3 is 9.47 Å². The van der Waals surface area contributed by atoms with Crippen LogP contribution in [0.15, 0.2) is 124 Å². The Morgan fingerprint density at radius 1 is 0.821 bits per heavy atom. The number of ether oxygens (including phenoxy) is 2. The molecule has 0 saturated heterocycles. The molecule has 0 N–H and O–H groups in total. The second-order valence-electron chi connectivity index (χ2n) is 9.04. The van der Waals surface area contributed by atoms with E-state index in [2.05, 4.69) is 72.5 Å². The second kappa shape index (κ2) is 12.8. The zero-order chi connectivity index (χ0) is 27.7. The van der Waals surface area contributed by atoms with Gasteiger partial charge in [-0.2, -0.15) is 0 Å². The van der Waals surface area contributed by atoms with Crippen LogP contribution in [-0.2, 0) is 20.4 Å². The Morgan fingerprint density at radius 3 is 1.90 bits per heavy atom. The normalized spacial score (nSPS) is 10.8. The van der Waals surface area contributed by atoms with Crippen molar-refractivity contribution in [3.8, 4) is 17.6 Å². The molecule has 0 heterocycles. The van der Waals surface area contributed by atoms with Crippen molar-refractivity contribution in [2.45, 2.75) is 40.6 Å². The second-order valence-corrected chi connectivity index (χ2v) is 11.1. The van der Waals surface area contributed by atoms with Crippen LogP contribution in [-0.4, -0.2) is 23.1 Å². The molecule has 7 heteroatoms. The Hall–Kier alpha value is -4.54. The Kier molecular flexibility index (Phi) is 9.03. The van der Waals surface area contributed by atoms with Crippen LogP contribution < -0.4 is 4.74 Å². The highest BCUT2D eigenvalue weighted by atomic mass is 32.2. The summed E-state index contributed by atoms with van der Waals surface area (Å²) in [5, 5.41) is 10.8. The summed E-state index contributed by atoms with van der Waals surface area (Å²) in [7, 11) is -0.239. The number of carbonyl (C=O) groups excluding carboxylic acids is 1. The van der Waals surface area contributed by atoms with Crippen LogP contribution in [0.4, 0.5) is 5.69 Å². The first-order valence-electron chi connectivity index (χ1n) is 12.4. The van der Waals surface area contributed by atoms with E-state index >= 15 is 0 Å². The smallest absolute Gasteiger partial charge is 0.310 e. The number of carbonyl (C=O) groups is 1. The van der Waals surface area contributed by atoms with E-state index in [9.17, 15) is 14.9 Å². The number of rotatable bonds is 9. The predicted octanol–water partition coefficient (Wildman–Crippen LogP) is 6.83. The van der Waals surface area contributed by atoms with Gasteiger partial charge in [-0.05, 0) is 74.5 Å². The molecule has 0 aliphatic rings. The average molecular weight is 539 g/mol. The Morgan fingerprint density at radius 2 is 1.36 bits per heavy atom. The van der Waals surface area contributed by atoms with E-state index in [-0.39, 0.29) is 29.6 Å². The van der Waals surface area contributed by atoms with Gasteiger partial charge in [0.15, 0.2) is 20.3 Å². The third-order valence-electron chi connectivity index (χ3n) is 5.55. The first-order chi connectivity index (χ1) is 18.8. The molecule has 0 atom stereocenters. The molecule has 0 fully saturated rings. The van der Waals surface area contributed by atoms with E-state index in [1.165, 1.54) is 26.8 Å². The lowest BCUT2D eigenvalue weighted by Gasteiger charge is -2.18. The molecule has 196 valence electrons. The summed E-state index contributed by atoms with van der Waals surface area (Å²) in [4.78, 5) is 26.4. The first-order valence-corrected chi connectivity index (χ1v) is 13.6. The van der Waals surface area contributed by atoms with Gasteiger partial charge >= 0.3 is 5.97 Å². The topological polar surface area (TPSA) is 78.7 Å². The van der Waals surface area contributed by atoms with E-state index in [0.29, 0.717) is 11.3 Å². The van der Waals surface area contributed by atoms with Crippen LogP contribution >= 0.6 is 0 Å². The van der Waals surface area contributed by atoms with Crippen molar-refractivity contribution >= 4 is 22.6 Å². The fourth-order valence-electron chi connectivity index (χ4n) is 3.70. The summed E-state index contributed by atoms with van der Waals surface area (Å²) in [5.41, 5.74) is -0.432. The molecule has 0 aromatic heterocycles. The molecule has 4 rings (SSSR count). The van der Waals surface area contributed by atoms with Crippen molar-refractivity contribution in [2.24, 2.45) is 0 Å². The average Bonchev–Trinajstić information content (AvgIpc) is 2.94. The van der Waals surface area contributed by atoms with E-state index in [1.54, 1.807) is 26.0 Å². The molecular formula is C32H28NO5S+. The van der Waals surface area contributed by atoms with Crippen molar-refractivity contribution in [2.75, 3.05) is 6.61 Å². The Labute approximate surface area is 231 Å². The number of hydrogen-bond acceptors (Lipinski definition) is 5. The summed E-state index contributed by atoms with van der Waals surface area (Å²) in [6.45, 7) is 3.56. The largest absolute Gasteiger partial charge is 0.493 e. The van der Waals surface area contributed by atoms with Gasteiger partial charge in [-0.3, -0.25) is 14.9 Å². The number of benzene rings is 4. The third-order valence-corrected chi connectivity index (χ3v) is 7.78. The van der Waals surface area contributed by atoms with Crippen molar-refractivity contribution < 1.29 is 19.2 Å². The third kappa shape index (κ3) is 7.97. The highest BCUT2D eigenvalue weighted by Gasteiger charge is 2.28. The first kappa shape index (κ1) is 27.5. The van der Waals surface area contributed by atoms with E-state index < -0.39 is 16.5 Å². The summed E-state index contributed by atoms with van der Waals surface area (Å²) < 4.78 is 11.3. The summed E-state index contributed by atoms with van der Waals surface area (Å²) in [5.74, 6) is 6.05. The number of hydrogen-bond donors (Lipinski definition) is 0. The molecule has 0 amide bonds. The minimum atomic E-state index is -1.02. The van der Waals surface area contributed by atoms with Crippen LogP contribution in [0.3, 0.4) is 0 Å². The van der Waals surface area contributed by atoms with Gasteiger partial charge in [0, 0.05) is 17.7 Å². The van der Waals surface area contributed by atoms with Crippen molar-refractivity contribution in [3.05, 3.63) is 125 Å². The maximum absolute atomic E-state index is 12.4. The molecule has 4 aromatic rings. The molecule has 0 aliphatic carbocycles. The zero-order valence-corrected chi connectivity index (χ0v) is 22.5. The highest BCUT2D eigenvalue weighted by molar-refractivity contribution is 7.97. The highest BCUT2D eigenvalue weighted by Crippen LogP contribution is 2.32. The van der Waals surface area contributed by atoms with Crippen LogP contribution in [0.1, 0.15) is 25.8 Å². The lowest BCUT2D eigenvalue weighted by atomic mass is 10.1. The Balaban J connectivity index is 1.32. The molecular weight excluding hydrogens is 510 g/mol. The number of nitro groups is 1. The van der Waals surface area contributed by atoms with Gasteiger partial charge in [0.25, 0.3) is 5.69 Å². The Bertz CT molecular complexity index is 1420. The molecule has 0 radical (unpaired) electrons. The van der Waals surface area contributed by atoms with Crippen LogP contribution in [0, 0.1) is 22.0 Å². The monoisotopic (exact) mass is 538 g/mol. The molecule has 39 heavy (non-hydrogen) atoms. The fourth-order valence-corrected chi connectivity index (χ4v) is 5.78. The predicted molar refractivity (Wildman–Crippen MR) is 152 cm³/mol. The summed E-state index contributed by atoms with van der Waals surface area (Å²) in [6, 6.07) is 34.7. The number of nitro benzene ring substituents is 1. The van der Waals surface area contributed by atoms with Crippen molar-refractivity contribution in [1.29, 1.82) is 0 Å². The molecule has 0 aliphatic heterocycles. The minimum absolute atomic E-state index is 0.00602. The molecule has 0 bridgehead atoms. The minimum Gasteiger partial charge on any atom is -0.493 e. The lowest BCUT2D eigenvalue weighted by molar-refractivity contribution is -0.384. The van der Waals surface area contributed by atoms with Crippen LogP contribution in [0.5, 0.6) is 5.75 Å². The van der Waals surface area contributed by atoms with Crippen LogP contribution in [0.25, 0.3) is 0 Å². The van der Waals surface area contributed by atoms with E-state index in [0.717, 1.165) is 0 Å². The van der Waals surface area contributed by atoms with E-state index in [4.69, 9.17) is 9.47 Å². The van der Waals surface area contributed by atoms with Gasteiger partial charge in [0.05, 0.1) is 28.8 Å². The van der Waals surface area contributed by atoms with Gasteiger partial charge in [-0.15, -0.1) is 0 Å². The van der Waals surface area contributed by atoms with Gasteiger partial charge in [0.1, 0.15) is 5.75 Å². The summed E-state index contributed by atoms with van der Waals surface area (Å²) in [6.07, 6.45) is 0.0722. The summed E-state index contributed by atoms with van der Waals surface area (Å²) >= 11 is 0. The van der Waals surface area contributed by atoms with Crippen LogP contribution in [0.2, 0.25) is 0 Å². The van der Waals surface area contributed by atoms with Gasteiger partial charge in [-0.1, -0.05) is 48.2 Å². The molecule has 6 nitrogen and oxygen atoms in total. The van der Waals surface area contributed by atoms with Crippen molar-refractivity contribution in [3.63, 3.8) is 0 Å².